The molecule has 1 aromatic carbocycles. The van der Waals surface area contributed by atoms with E-state index in [1.165, 1.54) is 12.8 Å². The van der Waals surface area contributed by atoms with Gasteiger partial charge >= 0.3 is 5.97 Å². The van der Waals surface area contributed by atoms with E-state index in [0.717, 1.165) is 23.2 Å². The number of phenolic OH excluding ortho intramolecular Hbond substituents is 1. The second-order valence-corrected chi connectivity index (χ2v) is 9.50. The Morgan fingerprint density at radius 2 is 1.65 bits per heavy atom. The van der Waals surface area contributed by atoms with Crippen molar-refractivity contribution in [1.29, 1.82) is 0 Å². The minimum atomic E-state index is -0.502. The minimum absolute atomic E-state index is 0.226. The fourth-order valence-corrected chi connectivity index (χ4v) is 3.14. The van der Waals surface area contributed by atoms with Crippen LogP contribution >= 0.6 is 0 Å². The Bertz CT molecular complexity index is 613. The van der Waals surface area contributed by atoms with Gasteiger partial charge in [0.1, 0.15) is 11.8 Å². The molecule has 26 heavy (non-hydrogen) atoms. The second-order valence-electron chi connectivity index (χ2n) is 9.50. The number of carbonyl (C=O) groups is 1. The summed E-state index contributed by atoms with van der Waals surface area (Å²) in [5, 5.41) is 14.3. The maximum absolute atomic E-state index is 12.6. The number of phenols is 1. The van der Waals surface area contributed by atoms with Crippen molar-refractivity contribution >= 4 is 5.97 Å². The first-order valence-electron chi connectivity index (χ1n) is 9.73. The summed E-state index contributed by atoms with van der Waals surface area (Å²) in [5.74, 6) is 0.741. The Balaban J connectivity index is 2.52. The summed E-state index contributed by atoms with van der Waals surface area (Å²) >= 11 is 0. The summed E-state index contributed by atoms with van der Waals surface area (Å²) in [6.07, 6.45) is 2.44. The summed E-state index contributed by atoms with van der Waals surface area (Å²) < 4.78 is 5.33. The van der Waals surface area contributed by atoms with E-state index in [0.29, 0.717) is 18.3 Å². The summed E-state index contributed by atoms with van der Waals surface area (Å²) in [6, 6.07) is 3.43. The van der Waals surface area contributed by atoms with Crippen molar-refractivity contribution in [3.05, 3.63) is 28.8 Å². The van der Waals surface area contributed by atoms with E-state index in [4.69, 9.17) is 4.74 Å². The van der Waals surface area contributed by atoms with Crippen LogP contribution in [0.15, 0.2) is 12.1 Å². The Kier molecular flexibility index (Phi) is 6.06. The number of hydrogen-bond acceptors (Lipinski definition) is 4. The Hall–Kier alpha value is -1.55. The molecule has 0 saturated heterocycles. The van der Waals surface area contributed by atoms with Gasteiger partial charge in [-0.15, -0.1) is 0 Å². The standard InChI is InChI=1S/C22H35NO3/c1-8-26-20(25)18(23-13-14-9-10-14)15-11-16(21(2,3)4)19(24)17(12-15)22(5,6)7/h11-12,14,18,23-24H,8-10,13H2,1-7H3. The van der Waals surface area contributed by atoms with Crippen LogP contribution in [0, 0.1) is 5.92 Å². The number of aromatic hydroxyl groups is 1. The lowest BCUT2D eigenvalue weighted by molar-refractivity contribution is -0.145. The summed E-state index contributed by atoms with van der Waals surface area (Å²) in [6.45, 7) is 15.5. The van der Waals surface area contributed by atoms with Crippen LogP contribution in [0.3, 0.4) is 0 Å². The molecule has 146 valence electrons. The molecule has 1 aliphatic rings. The Labute approximate surface area is 158 Å². The molecule has 0 aliphatic heterocycles. The number of carbonyl (C=O) groups excluding carboxylic acids is 1. The lowest BCUT2D eigenvalue weighted by Crippen LogP contribution is -2.32. The molecule has 0 heterocycles. The van der Waals surface area contributed by atoms with E-state index in [2.05, 4.69) is 46.9 Å². The first-order valence-corrected chi connectivity index (χ1v) is 9.73. The third-order valence-corrected chi connectivity index (χ3v) is 4.91. The van der Waals surface area contributed by atoms with Gasteiger partial charge in [-0.2, -0.15) is 0 Å². The van der Waals surface area contributed by atoms with E-state index >= 15 is 0 Å². The highest BCUT2D eigenvalue weighted by Gasteiger charge is 2.31. The monoisotopic (exact) mass is 361 g/mol. The first kappa shape index (κ1) is 20.8. The molecule has 1 aliphatic carbocycles. The maximum Gasteiger partial charge on any atom is 0.327 e. The summed E-state index contributed by atoms with van der Waals surface area (Å²) in [7, 11) is 0. The molecule has 4 heteroatoms. The second kappa shape index (κ2) is 7.59. The zero-order valence-corrected chi connectivity index (χ0v) is 17.4. The van der Waals surface area contributed by atoms with Crippen molar-refractivity contribution in [1.82, 2.24) is 5.32 Å². The largest absolute Gasteiger partial charge is 0.507 e. The molecule has 2 N–H and O–H groups in total. The maximum atomic E-state index is 12.6. The highest BCUT2D eigenvalue weighted by molar-refractivity contribution is 5.78. The average Bonchev–Trinajstić information content (AvgIpc) is 3.30. The lowest BCUT2D eigenvalue weighted by atomic mass is 9.77. The fraction of sp³-hybridized carbons (Fsp3) is 0.682. The van der Waals surface area contributed by atoms with Gasteiger partial charge in [0, 0.05) is 0 Å². The number of esters is 1. The van der Waals surface area contributed by atoms with Crippen LogP contribution in [0.4, 0.5) is 0 Å². The predicted octanol–water partition coefficient (Wildman–Crippen LogP) is 4.59. The number of benzene rings is 1. The molecule has 0 amide bonds. The van der Waals surface area contributed by atoms with Crippen molar-refractivity contribution < 1.29 is 14.6 Å². The SMILES string of the molecule is CCOC(=O)C(NCC1CC1)c1cc(C(C)(C)C)c(O)c(C(C)(C)C)c1. The quantitative estimate of drug-likeness (QED) is 0.728. The van der Waals surface area contributed by atoms with Crippen LogP contribution in [0.1, 0.15) is 84.0 Å². The van der Waals surface area contributed by atoms with Crippen LogP contribution in [0.5, 0.6) is 5.75 Å². The smallest absolute Gasteiger partial charge is 0.327 e. The number of nitrogens with one attached hydrogen (secondary N) is 1. The highest BCUT2D eigenvalue weighted by atomic mass is 16.5. The molecule has 0 radical (unpaired) electrons. The number of hydrogen-bond donors (Lipinski definition) is 2. The predicted molar refractivity (Wildman–Crippen MR) is 106 cm³/mol. The minimum Gasteiger partial charge on any atom is -0.507 e. The van der Waals surface area contributed by atoms with Gasteiger partial charge in [0.05, 0.1) is 6.61 Å². The van der Waals surface area contributed by atoms with Crippen LogP contribution in [0.25, 0.3) is 0 Å². The molecule has 1 fully saturated rings. The van der Waals surface area contributed by atoms with Gasteiger partial charge in [-0.05, 0) is 71.9 Å². The van der Waals surface area contributed by atoms with Gasteiger partial charge in [0.25, 0.3) is 0 Å². The van der Waals surface area contributed by atoms with Crippen molar-refractivity contribution in [2.45, 2.75) is 78.2 Å². The van der Waals surface area contributed by atoms with Crippen molar-refractivity contribution in [2.24, 2.45) is 5.92 Å². The molecule has 0 spiro atoms. The first-order chi connectivity index (χ1) is 11.9. The van der Waals surface area contributed by atoms with Gasteiger partial charge in [-0.25, -0.2) is 4.79 Å². The van der Waals surface area contributed by atoms with Gasteiger partial charge in [0.15, 0.2) is 0 Å². The summed E-state index contributed by atoms with van der Waals surface area (Å²) in [4.78, 5) is 12.6. The Morgan fingerprint density at radius 1 is 1.15 bits per heavy atom. The van der Waals surface area contributed by atoms with E-state index in [9.17, 15) is 9.90 Å². The number of rotatable bonds is 6. The molecule has 0 aromatic heterocycles. The van der Waals surface area contributed by atoms with Crippen molar-refractivity contribution in [3.8, 4) is 5.75 Å². The van der Waals surface area contributed by atoms with Crippen LogP contribution < -0.4 is 5.32 Å². The number of ether oxygens (including phenoxy) is 1. The van der Waals surface area contributed by atoms with Crippen LogP contribution in [-0.4, -0.2) is 24.2 Å². The fourth-order valence-electron chi connectivity index (χ4n) is 3.14. The van der Waals surface area contributed by atoms with E-state index in [1.54, 1.807) is 0 Å². The third kappa shape index (κ3) is 5.00. The van der Waals surface area contributed by atoms with Gasteiger partial charge in [-0.1, -0.05) is 41.5 Å². The third-order valence-electron chi connectivity index (χ3n) is 4.91. The van der Waals surface area contributed by atoms with Crippen LogP contribution in [-0.2, 0) is 20.4 Å². The molecular formula is C22H35NO3. The van der Waals surface area contributed by atoms with Gasteiger partial charge in [0.2, 0.25) is 0 Å². The molecule has 1 atom stereocenters. The molecule has 2 rings (SSSR count). The van der Waals surface area contributed by atoms with E-state index in [-0.39, 0.29) is 16.8 Å². The van der Waals surface area contributed by atoms with E-state index < -0.39 is 6.04 Å². The summed E-state index contributed by atoms with van der Waals surface area (Å²) in [5.41, 5.74) is 2.15. The van der Waals surface area contributed by atoms with Crippen molar-refractivity contribution in [3.63, 3.8) is 0 Å². The zero-order valence-electron chi connectivity index (χ0n) is 17.4. The lowest BCUT2D eigenvalue weighted by Gasteiger charge is -2.29. The van der Waals surface area contributed by atoms with Crippen LogP contribution in [0.2, 0.25) is 0 Å². The molecule has 0 bridgehead atoms. The van der Waals surface area contributed by atoms with E-state index in [1.807, 2.05) is 19.1 Å². The molecular weight excluding hydrogens is 326 g/mol. The normalized spacial score (nSPS) is 16.4. The zero-order chi connectivity index (χ0) is 19.7. The van der Waals surface area contributed by atoms with Gasteiger partial charge in [-0.3, -0.25) is 0 Å². The topological polar surface area (TPSA) is 58.6 Å². The average molecular weight is 362 g/mol. The van der Waals surface area contributed by atoms with Gasteiger partial charge < -0.3 is 15.2 Å². The Morgan fingerprint density at radius 3 is 2.04 bits per heavy atom. The highest BCUT2D eigenvalue weighted by Crippen LogP contribution is 2.41. The molecule has 1 aromatic rings. The molecule has 1 unspecified atom stereocenters. The molecule has 1 saturated carbocycles. The van der Waals surface area contributed by atoms with Crippen molar-refractivity contribution in [2.75, 3.05) is 13.2 Å². The molecule has 4 nitrogen and oxygen atoms in total.